The van der Waals surface area contributed by atoms with Gasteiger partial charge < -0.3 is 23.8 Å². The number of carbonyl (C=O) groups is 1. The van der Waals surface area contributed by atoms with Gasteiger partial charge in [-0.05, 0) is 36.8 Å². The molecule has 1 aliphatic heterocycles. The molecule has 4 rings (SSSR count). The van der Waals surface area contributed by atoms with E-state index < -0.39 is 12.3 Å². The van der Waals surface area contributed by atoms with E-state index in [0.29, 0.717) is 43.9 Å². The highest BCUT2D eigenvalue weighted by molar-refractivity contribution is 6.31. The normalized spacial score (nSPS) is 14.3. The third kappa shape index (κ3) is 7.00. The molecule has 0 spiro atoms. The van der Waals surface area contributed by atoms with Crippen LogP contribution in [0.1, 0.15) is 35.8 Å². The Bertz CT molecular complexity index is 1240. The highest BCUT2D eigenvalue weighted by Crippen LogP contribution is 2.33. The average molecular weight is 555 g/mol. The topological polar surface area (TPSA) is 87.9 Å². The van der Waals surface area contributed by atoms with Crippen molar-refractivity contribution in [1.29, 1.82) is 0 Å². The largest absolute Gasteiger partial charge is 0.573 e. The van der Waals surface area contributed by atoms with Gasteiger partial charge in [-0.3, -0.25) is 0 Å². The van der Waals surface area contributed by atoms with Gasteiger partial charge in [0.1, 0.15) is 17.6 Å². The van der Waals surface area contributed by atoms with E-state index in [0.717, 1.165) is 11.6 Å². The number of rotatable bonds is 9. The molecule has 0 atom stereocenters. The molecule has 0 unspecified atom stereocenters. The number of carbonyl (C=O) groups excluding carboxylic acids is 1. The molecule has 0 aliphatic carbocycles. The average Bonchev–Trinajstić information content (AvgIpc) is 3.25. The molecule has 9 nitrogen and oxygen atoms in total. The second kappa shape index (κ2) is 11.8. The number of hydrogen-bond donors (Lipinski definition) is 0. The fourth-order valence-electron chi connectivity index (χ4n) is 4.07. The Kier molecular flexibility index (Phi) is 8.50. The number of anilines is 1. The van der Waals surface area contributed by atoms with Gasteiger partial charge in [-0.1, -0.05) is 28.9 Å². The smallest absolute Gasteiger partial charge is 0.497 e. The summed E-state index contributed by atoms with van der Waals surface area (Å²) in [5, 5.41) is 8.24. The summed E-state index contributed by atoms with van der Waals surface area (Å²) in [5.74, 6) is -0.121. The van der Waals surface area contributed by atoms with Crippen LogP contribution in [0.25, 0.3) is 0 Å². The number of aromatic nitrogens is 3. The molecule has 0 radical (unpaired) electrons. The SMILES string of the molecule is CCOC(=O)c1nnn(Cc2ccc(OC)cc2)c1OC1CCN(c2cc(Cl)cc(OC(F)(F)F)c2)CC1. The van der Waals surface area contributed by atoms with Crippen LogP contribution in [0.15, 0.2) is 42.5 Å². The Morgan fingerprint density at radius 2 is 1.82 bits per heavy atom. The van der Waals surface area contributed by atoms with Gasteiger partial charge in [0, 0.05) is 42.7 Å². The minimum absolute atomic E-state index is 0.0217. The van der Waals surface area contributed by atoms with E-state index in [1.165, 1.54) is 10.7 Å². The van der Waals surface area contributed by atoms with Gasteiger partial charge >= 0.3 is 12.3 Å². The van der Waals surface area contributed by atoms with E-state index in [4.69, 9.17) is 25.8 Å². The Labute approximate surface area is 222 Å². The lowest BCUT2D eigenvalue weighted by Crippen LogP contribution is -2.38. The van der Waals surface area contributed by atoms with E-state index in [2.05, 4.69) is 15.0 Å². The van der Waals surface area contributed by atoms with Crippen LogP contribution in [0.4, 0.5) is 18.9 Å². The molecule has 1 aliphatic rings. The van der Waals surface area contributed by atoms with Crippen molar-refractivity contribution in [3.8, 4) is 17.4 Å². The first kappa shape index (κ1) is 27.4. The molecule has 2 aromatic carbocycles. The van der Waals surface area contributed by atoms with Gasteiger partial charge in [0.15, 0.2) is 0 Å². The van der Waals surface area contributed by atoms with Crippen molar-refractivity contribution in [2.75, 3.05) is 31.7 Å². The standard InChI is InChI=1S/C25H26ClF3N4O5/c1-3-36-24(34)22-23(33(31-30-22)15-16-4-6-19(35-2)7-5-16)37-20-8-10-32(11-9-20)18-12-17(26)13-21(14-18)38-25(27,28)29/h4-7,12-14,20H,3,8-11,15H2,1-2H3. The zero-order chi connectivity index (χ0) is 27.3. The van der Waals surface area contributed by atoms with Crippen molar-refractivity contribution in [3.63, 3.8) is 0 Å². The number of hydrogen-bond acceptors (Lipinski definition) is 8. The fourth-order valence-corrected chi connectivity index (χ4v) is 4.29. The third-order valence-electron chi connectivity index (χ3n) is 5.82. The number of halogens is 4. The minimum Gasteiger partial charge on any atom is -0.497 e. The van der Waals surface area contributed by atoms with Crippen LogP contribution in [0.3, 0.4) is 0 Å². The number of piperidine rings is 1. The second-order valence-electron chi connectivity index (χ2n) is 8.47. The maximum absolute atomic E-state index is 12.7. The van der Waals surface area contributed by atoms with Gasteiger partial charge in [0.05, 0.1) is 20.3 Å². The van der Waals surface area contributed by atoms with E-state index in [1.54, 1.807) is 20.1 Å². The zero-order valence-electron chi connectivity index (χ0n) is 20.7. The summed E-state index contributed by atoms with van der Waals surface area (Å²) in [6, 6.07) is 11.4. The molecule has 0 amide bonds. The van der Waals surface area contributed by atoms with E-state index in [9.17, 15) is 18.0 Å². The summed E-state index contributed by atoms with van der Waals surface area (Å²) in [6.45, 7) is 3.12. The van der Waals surface area contributed by atoms with Gasteiger partial charge in [0.2, 0.25) is 11.6 Å². The summed E-state index contributed by atoms with van der Waals surface area (Å²) < 4.78 is 60.1. The van der Waals surface area contributed by atoms with Gasteiger partial charge in [-0.15, -0.1) is 18.3 Å². The van der Waals surface area contributed by atoms with Crippen molar-refractivity contribution >= 4 is 23.3 Å². The zero-order valence-corrected chi connectivity index (χ0v) is 21.5. The molecular weight excluding hydrogens is 529 g/mol. The lowest BCUT2D eigenvalue weighted by molar-refractivity contribution is -0.274. The fraction of sp³-hybridized carbons (Fsp3) is 0.400. The van der Waals surface area contributed by atoms with Crippen LogP contribution in [0.5, 0.6) is 17.4 Å². The van der Waals surface area contributed by atoms with Crippen molar-refractivity contribution in [2.45, 2.75) is 38.8 Å². The number of esters is 1. The molecule has 204 valence electrons. The predicted molar refractivity (Wildman–Crippen MR) is 132 cm³/mol. The van der Waals surface area contributed by atoms with Crippen LogP contribution in [-0.2, 0) is 11.3 Å². The number of benzene rings is 2. The molecule has 0 bridgehead atoms. The maximum atomic E-state index is 12.7. The van der Waals surface area contributed by atoms with E-state index >= 15 is 0 Å². The third-order valence-corrected chi connectivity index (χ3v) is 6.04. The van der Waals surface area contributed by atoms with Crippen LogP contribution in [-0.4, -0.2) is 60.2 Å². The maximum Gasteiger partial charge on any atom is 0.573 e. The Morgan fingerprint density at radius 3 is 2.45 bits per heavy atom. The molecule has 2 heterocycles. The molecule has 38 heavy (non-hydrogen) atoms. The molecule has 0 N–H and O–H groups in total. The molecule has 0 saturated carbocycles. The van der Waals surface area contributed by atoms with Gasteiger partial charge in [0.25, 0.3) is 0 Å². The quantitative estimate of drug-likeness (QED) is 0.337. The van der Waals surface area contributed by atoms with Gasteiger partial charge in [-0.2, -0.15) is 0 Å². The Hall–Kier alpha value is -3.67. The molecule has 13 heteroatoms. The molecule has 1 aromatic heterocycles. The first-order valence-corrected chi connectivity index (χ1v) is 12.2. The van der Waals surface area contributed by atoms with Gasteiger partial charge in [-0.25, -0.2) is 9.48 Å². The summed E-state index contributed by atoms with van der Waals surface area (Å²) in [6.07, 6.45) is -4.06. The molecular formula is C25H26ClF3N4O5. The van der Waals surface area contributed by atoms with Crippen molar-refractivity contribution in [2.24, 2.45) is 0 Å². The number of alkyl halides is 3. The lowest BCUT2D eigenvalue weighted by Gasteiger charge is -2.34. The van der Waals surface area contributed by atoms with Crippen LogP contribution in [0.2, 0.25) is 5.02 Å². The summed E-state index contributed by atoms with van der Waals surface area (Å²) in [7, 11) is 1.58. The van der Waals surface area contributed by atoms with Crippen LogP contribution < -0.4 is 19.1 Å². The van der Waals surface area contributed by atoms with E-state index in [-0.39, 0.29) is 35.1 Å². The number of methoxy groups -OCH3 is 1. The van der Waals surface area contributed by atoms with Crippen LogP contribution >= 0.6 is 11.6 Å². The molecule has 1 saturated heterocycles. The molecule has 1 fully saturated rings. The van der Waals surface area contributed by atoms with Crippen molar-refractivity contribution in [1.82, 2.24) is 15.0 Å². The van der Waals surface area contributed by atoms with E-state index in [1.807, 2.05) is 29.2 Å². The minimum atomic E-state index is -4.82. The first-order chi connectivity index (χ1) is 18.1. The monoisotopic (exact) mass is 554 g/mol. The number of nitrogens with zero attached hydrogens (tertiary/aromatic N) is 4. The van der Waals surface area contributed by atoms with Crippen molar-refractivity contribution < 1.29 is 36.9 Å². The second-order valence-corrected chi connectivity index (χ2v) is 8.90. The Balaban J connectivity index is 1.47. The summed E-state index contributed by atoms with van der Waals surface area (Å²) in [4.78, 5) is 14.4. The summed E-state index contributed by atoms with van der Waals surface area (Å²) in [5.41, 5.74) is 1.38. The van der Waals surface area contributed by atoms with Crippen molar-refractivity contribution in [3.05, 3.63) is 58.7 Å². The Morgan fingerprint density at radius 1 is 1.11 bits per heavy atom. The lowest BCUT2D eigenvalue weighted by atomic mass is 10.1. The predicted octanol–water partition coefficient (Wildman–Crippen LogP) is 5.11. The first-order valence-electron chi connectivity index (χ1n) is 11.9. The highest BCUT2D eigenvalue weighted by atomic mass is 35.5. The highest BCUT2D eigenvalue weighted by Gasteiger charge is 2.32. The number of ether oxygens (including phenoxy) is 4. The van der Waals surface area contributed by atoms with Crippen LogP contribution in [0, 0.1) is 0 Å². The summed E-state index contributed by atoms with van der Waals surface area (Å²) >= 11 is 6.03. The molecule has 3 aromatic rings.